The minimum atomic E-state index is 0.575. The molecule has 0 heterocycles. The molecule has 0 N–H and O–H groups in total. The molecule has 0 saturated heterocycles. The summed E-state index contributed by atoms with van der Waals surface area (Å²) in [6.07, 6.45) is 10.8. The molecule has 2 aromatic rings. The number of nitrogens with zero attached hydrogens (tertiary/aromatic N) is 1. The van der Waals surface area contributed by atoms with Crippen molar-refractivity contribution in [2.45, 2.75) is 58.3 Å². The van der Waals surface area contributed by atoms with Crippen LogP contribution in [0.15, 0.2) is 48.5 Å². The Bertz CT molecular complexity index is 804. The second-order valence-electron chi connectivity index (χ2n) is 7.75. The zero-order valence-corrected chi connectivity index (χ0v) is 16.4. The molecule has 2 aromatic carbocycles. The van der Waals surface area contributed by atoms with Crippen molar-refractivity contribution in [3.8, 4) is 29.0 Å². The topological polar surface area (TPSA) is 23.8 Å². The second kappa shape index (κ2) is 9.99. The van der Waals surface area contributed by atoms with E-state index in [1.165, 1.54) is 51.4 Å². The Kier molecular flexibility index (Phi) is 7.12. The maximum absolute atomic E-state index is 8.90. The number of benzene rings is 2. The van der Waals surface area contributed by atoms with Gasteiger partial charge < -0.3 is 0 Å². The molecule has 0 amide bonds. The molecule has 0 unspecified atom stereocenters. The van der Waals surface area contributed by atoms with Crippen molar-refractivity contribution in [1.29, 1.82) is 5.26 Å². The molecule has 0 bridgehead atoms. The lowest BCUT2D eigenvalue weighted by atomic mass is 9.80. The van der Waals surface area contributed by atoms with Crippen molar-refractivity contribution in [3.05, 3.63) is 59.7 Å². The number of rotatable bonds is 5. The molecule has 0 aliphatic heterocycles. The summed E-state index contributed by atoms with van der Waals surface area (Å²) in [4.78, 5) is 0. The standard InChI is InChI=1S/C26H29N/c1-2-3-4-5-21-6-8-22(9-7-21)10-11-23-12-16-25(17-13-23)26-18-14-24(20-27)15-19-26/h12-19,21-22H,2-9H2,1H3/t21-,22-. The summed E-state index contributed by atoms with van der Waals surface area (Å²) in [6, 6.07) is 18.3. The zero-order valence-electron chi connectivity index (χ0n) is 16.4. The van der Waals surface area contributed by atoms with Gasteiger partial charge in [0.25, 0.3) is 0 Å². The fourth-order valence-electron chi connectivity index (χ4n) is 3.95. The van der Waals surface area contributed by atoms with Crippen LogP contribution < -0.4 is 0 Å². The highest BCUT2D eigenvalue weighted by atomic mass is 14.2. The van der Waals surface area contributed by atoms with Crippen molar-refractivity contribution in [1.82, 2.24) is 0 Å². The van der Waals surface area contributed by atoms with E-state index in [9.17, 15) is 0 Å². The first-order chi connectivity index (χ1) is 13.3. The molecule has 1 nitrogen and oxygen atoms in total. The Balaban J connectivity index is 1.53. The van der Waals surface area contributed by atoms with Crippen LogP contribution in [-0.4, -0.2) is 0 Å². The summed E-state index contributed by atoms with van der Waals surface area (Å²) in [7, 11) is 0. The zero-order chi connectivity index (χ0) is 18.9. The Morgan fingerprint density at radius 2 is 1.41 bits per heavy atom. The first-order valence-electron chi connectivity index (χ1n) is 10.4. The highest BCUT2D eigenvalue weighted by Gasteiger charge is 2.19. The third kappa shape index (κ3) is 5.74. The van der Waals surface area contributed by atoms with Gasteiger partial charge in [0.05, 0.1) is 11.6 Å². The van der Waals surface area contributed by atoms with E-state index in [4.69, 9.17) is 5.26 Å². The van der Waals surface area contributed by atoms with E-state index in [0.717, 1.165) is 22.6 Å². The van der Waals surface area contributed by atoms with Gasteiger partial charge in [0, 0.05) is 11.5 Å². The first-order valence-corrected chi connectivity index (χ1v) is 10.4. The largest absolute Gasteiger partial charge is 0.192 e. The van der Waals surface area contributed by atoms with Gasteiger partial charge in [0.1, 0.15) is 0 Å². The van der Waals surface area contributed by atoms with Crippen LogP contribution in [0.1, 0.15) is 69.4 Å². The van der Waals surface area contributed by atoms with Gasteiger partial charge in [-0.2, -0.15) is 5.26 Å². The predicted molar refractivity (Wildman–Crippen MR) is 113 cm³/mol. The van der Waals surface area contributed by atoms with Crippen LogP contribution in [0.5, 0.6) is 0 Å². The Labute approximate surface area is 164 Å². The maximum Gasteiger partial charge on any atom is 0.0991 e. The lowest BCUT2D eigenvalue weighted by molar-refractivity contribution is 0.294. The van der Waals surface area contributed by atoms with Crippen molar-refractivity contribution in [3.63, 3.8) is 0 Å². The Morgan fingerprint density at radius 3 is 1.96 bits per heavy atom. The van der Waals surface area contributed by atoms with Crippen LogP contribution in [0.3, 0.4) is 0 Å². The fourth-order valence-corrected chi connectivity index (χ4v) is 3.95. The maximum atomic E-state index is 8.90. The van der Waals surface area contributed by atoms with E-state index in [1.54, 1.807) is 0 Å². The Morgan fingerprint density at radius 1 is 0.815 bits per heavy atom. The van der Waals surface area contributed by atoms with Gasteiger partial charge in [-0.05, 0) is 67.0 Å². The van der Waals surface area contributed by atoms with Gasteiger partial charge >= 0.3 is 0 Å². The van der Waals surface area contributed by atoms with Crippen molar-refractivity contribution in [2.24, 2.45) is 11.8 Å². The van der Waals surface area contributed by atoms with Gasteiger partial charge in [-0.3, -0.25) is 0 Å². The van der Waals surface area contributed by atoms with E-state index < -0.39 is 0 Å². The summed E-state index contributed by atoms with van der Waals surface area (Å²) >= 11 is 0. The molecule has 1 aliphatic rings. The molecule has 1 saturated carbocycles. The van der Waals surface area contributed by atoms with Crippen LogP contribution in [0, 0.1) is 35.0 Å². The van der Waals surface area contributed by atoms with E-state index in [-0.39, 0.29) is 0 Å². The normalized spacial score (nSPS) is 19.0. The van der Waals surface area contributed by atoms with Crippen molar-refractivity contribution < 1.29 is 0 Å². The SMILES string of the molecule is CCCCC[C@H]1CC[C@H](C#Cc2ccc(-c3ccc(C#N)cc3)cc2)CC1. The minimum absolute atomic E-state index is 0.575. The molecular formula is C26H29N. The van der Waals surface area contributed by atoms with Crippen LogP contribution in [-0.2, 0) is 0 Å². The molecule has 0 atom stereocenters. The average Bonchev–Trinajstić information content (AvgIpc) is 2.74. The van der Waals surface area contributed by atoms with Gasteiger partial charge in [0.15, 0.2) is 0 Å². The molecule has 1 heteroatoms. The minimum Gasteiger partial charge on any atom is -0.192 e. The summed E-state index contributed by atoms with van der Waals surface area (Å²) in [5, 5.41) is 8.90. The first kappa shape index (κ1) is 19.3. The lowest BCUT2D eigenvalue weighted by Gasteiger charge is -2.25. The molecule has 3 rings (SSSR count). The average molecular weight is 356 g/mol. The smallest absolute Gasteiger partial charge is 0.0991 e. The predicted octanol–water partition coefficient (Wildman–Crippen LogP) is 6.96. The van der Waals surface area contributed by atoms with E-state index in [0.29, 0.717) is 11.5 Å². The summed E-state index contributed by atoms with van der Waals surface area (Å²) in [6.45, 7) is 2.28. The van der Waals surface area contributed by atoms with Crippen LogP contribution in [0.25, 0.3) is 11.1 Å². The molecule has 27 heavy (non-hydrogen) atoms. The molecule has 1 fully saturated rings. The van der Waals surface area contributed by atoms with Gasteiger partial charge in [-0.15, -0.1) is 0 Å². The van der Waals surface area contributed by atoms with E-state index in [2.05, 4.69) is 49.1 Å². The molecule has 0 spiro atoms. The lowest BCUT2D eigenvalue weighted by Crippen LogP contribution is -2.13. The third-order valence-corrected chi connectivity index (χ3v) is 5.72. The third-order valence-electron chi connectivity index (χ3n) is 5.72. The number of hydrogen-bond acceptors (Lipinski definition) is 1. The van der Waals surface area contributed by atoms with Gasteiger partial charge in [0.2, 0.25) is 0 Å². The second-order valence-corrected chi connectivity index (χ2v) is 7.75. The summed E-state index contributed by atoms with van der Waals surface area (Å²) in [5.74, 6) is 8.42. The fraction of sp³-hybridized carbons (Fsp3) is 0.423. The number of unbranched alkanes of at least 4 members (excludes halogenated alkanes) is 2. The van der Waals surface area contributed by atoms with Crippen molar-refractivity contribution >= 4 is 0 Å². The van der Waals surface area contributed by atoms with Crippen molar-refractivity contribution in [2.75, 3.05) is 0 Å². The molecule has 0 aromatic heterocycles. The number of hydrogen-bond donors (Lipinski definition) is 0. The highest BCUT2D eigenvalue weighted by Crippen LogP contribution is 2.31. The molecule has 138 valence electrons. The summed E-state index contributed by atoms with van der Waals surface area (Å²) < 4.78 is 0. The van der Waals surface area contributed by atoms with Crippen LogP contribution in [0.2, 0.25) is 0 Å². The monoisotopic (exact) mass is 355 g/mol. The van der Waals surface area contributed by atoms with Gasteiger partial charge in [-0.1, -0.05) is 68.7 Å². The van der Waals surface area contributed by atoms with E-state index >= 15 is 0 Å². The summed E-state index contributed by atoms with van der Waals surface area (Å²) in [5.41, 5.74) is 4.09. The number of nitriles is 1. The molecular weight excluding hydrogens is 326 g/mol. The van der Waals surface area contributed by atoms with Gasteiger partial charge in [-0.25, -0.2) is 0 Å². The molecule has 1 aliphatic carbocycles. The van der Waals surface area contributed by atoms with Crippen LogP contribution >= 0.6 is 0 Å². The molecule has 0 radical (unpaired) electrons. The quantitative estimate of drug-likeness (QED) is 0.420. The Hall–Kier alpha value is -2.51. The van der Waals surface area contributed by atoms with Crippen LogP contribution in [0.4, 0.5) is 0 Å². The highest BCUT2D eigenvalue weighted by molar-refractivity contribution is 5.65. The van der Waals surface area contributed by atoms with E-state index in [1.807, 2.05) is 24.3 Å².